The van der Waals surface area contributed by atoms with Gasteiger partial charge in [-0.05, 0) is 64.8 Å². The number of alkyl halides is 2. The zero-order valence-corrected chi connectivity index (χ0v) is 25.8. The van der Waals surface area contributed by atoms with Crippen LogP contribution in [0.5, 0.6) is 0 Å². The van der Waals surface area contributed by atoms with Gasteiger partial charge in [0.05, 0.1) is 55.1 Å². The molecule has 5 rings (SSSR count). The van der Waals surface area contributed by atoms with E-state index in [9.17, 15) is 18.7 Å². The summed E-state index contributed by atoms with van der Waals surface area (Å²) in [5.74, 6) is 0.110. The highest BCUT2D eigenvalue weighted by Crippen LogP contribution is 2.60. The quantitative estimate of drug-likeness (QED) is 0.262. The third-order valence-electron chi connectivity index (χ3n) is 9.96. The molecule has 0 unspecified atom stereocenters. The summed E-state index contributed by atoms with van der Waals surface area (Å²) in [6.45, 7) is 12.7. The van der Waals surface area contributed by atoms with Crippen molar-refractivity contribution < 1.29 is 32.9 Å². The number of rotatable bonds is 12. The van der Waals surface area contributed by atoms with Crippen LogP contribution in [-0.2, 0) is 20.8 Å². The Morgan fingerprint density at radius 1 is 1.33 bits per heavy atom. The molecule has 236 valence electrons. The molecule has 1 saturated carbocycles. The zero-order chi connectivity index (χ0) is 30.4. The zero-order valence-electron chi connectivity index (χ0n) is 25.8. The van der Waals surface area contributed by atoms with Gasteiger partial charge in [-0.2, -0.15) is 0 Å². The second-order valence-corrected chi connectivity index (χ2v) is 13.6. The number of carboxylic acid groups (broad SMARTS) is 1. The van der Waals surface area contributed by atoms with E-state index in [1.807, 2.05) is 29.5 Å². The molecule has 11 heteroatoms. The predicted molar refractivity (Wildman–Crippen MR) is 154 cm³/mol. The maximum absolute atomic E-state index is 13.1. The molecule has 1 aliphatic carbocycles. The Labute approximate surface area is 248 Å². The monoisotopic (exact) mass is 594 g/mol. The molecular formula is C31H48F2N4O5. The number of imidazole rings is 1. The number of carbonyl (C=O) groups is 1. The van der Waals surface area contributed by atoms with Crippen molar-refractivity contribution in [2.45, 2.75) is 109 Å². The van der Waals surface area contributed by atoms with Crippen LogP contribution in [0, 0.1) is 17.8 Å². The van der Waals surface area contributed by atoms with Crippen LogP contribution in [-0.4, -0.2) is 99.8 Å². The molecule has 3 aliphatic heterocycles. The van der Waals surface area contributed by atoms with Crippen molar-refractivity contribution in [1.29, 1.82) is 0 Å². The summed E-state index contributed by atoms with van der Waals surface area (Å²) in [4.78, 5) is 21.2. The summed E-state index contributed by atoms with van der Waals surface area (Å²) < 4.78 is 46.3. The van der Waals surface area contributed by atoms with Gasteiger partial charge in [0.1, 0.15) is 5.60 Å². The number of ether oxygens (including phenoxy) is 3. The first kappa shape index (κ1) is 31.3. The maximum atomic E-state index is 13.1. The first-order valence-corrected chi connectivity index (χ1v) is 15.4. The first-order chi connectivity index (χ1) is 19.9. The lowest BCUT2D eigenvalue weighted by Gasteiger charge is -2.48. The van der Waals surface area contributed by atoms with Crippen LogP contribution in [0.3, 0.4) is 0 Å². The lowest BCUT2D eigenvalue weighted by atomic mass is 9.67. The molecule has 1 aromatic heterocycles. The highest BCUT2D eigenvalue weighted by Gasteiger charge is 2.72. The topological polar surface area (TPSA) is 95.9 Å². The Balaban J connectivity index is 1.37. The number of hydrogen-bond acceptors (Lipinski definition) is 6. The van der Waals surface area contributed by atoms with Crippen molar-refractivity contribution >= 4 is 6.09 Å². The SMILES string of the molecule is CO[C@@H]1[C@H](N(C(=O)O)[C@H](c2cn(C[C@@H]3CCN(CC(F)F)C3)cn2)C(C)C)CC[C@]2(CO2)[C@H]1[C@@]1(C)O[C@@H]1CC=C(C)C. The molecule has 1 spiro atoms. The molecule has 1 aromatic rings. The van der Waals surface area contributed by atoms with Crippen LogP contribution >= 0.6 is 0 Å². The number of halogens is 2. The van der Waals surface area contributed by atoms with Gasteiger partial charge in [0.2, 0.25) is 0 Å². The fourth-order valence-electron chi connectivity index (χ4n) is 7.88. The fourth-order valence-corrected chi connectivity index (χ4v) is 7.88. The van der Waals surface area contributed by atoms with Gasteiger partial charge >= 0.3 is 6.09 Å². The van der Waals surface area contributed by atoms with E-state index in [1.165, 1.54) is 5.57 Å². The third kappa shape index (κ3) is 6.25. The minimum Gasteiger partial charge on any atom is -0.465 e. The molecule has 42 heavy (non-hydrogen) atoms. The fraction of sp³-hybridized carbons (Fsp3) is 0.806. The van der Waals surface area contributed by atoms with Gasteiger partial charge in [0, 0.05) is 32.3 Å². The second kappa shape index (κ2) is 12.1. The average Bonchev–Trinajstić information content (AvgIpc) is 3.68. The summed E-state index contributed by atoms with van der Waals surface area (Å²) in [6, 6.07) is -0.873. The van der Waals surface area contributed by atoms with E-state index in [-0.39, 0.29) is 36.0 Å². The number of allylic oxidation sites excluding steroid dienone is 1. The van der Waals surface area contributed by atoms with Crippen LogP contribution < -0.4 is 0 Å². The van der Waals surface area contributed by atoms with Gasteiger partial charge in [0.25, 0.3) is 6.43 Å². The number of aromatic nitrogens is 2. The standard InChI is InChI=1S/C31H48F2N4O5/c1-19(2)7-8-24-30(5,42-24)28-27(40-6)23(9-11-31(28)17-41-31)37(29(38)39)26(20(3)4)22-15-36(18-34-22)14-21-10-12-35(13-21)16-25(32)33/h7,15,18,20-21,23-28H,8-14,16-17H2,1-6H3,(H,38,39)/t21-,23-,24-,26+,27-,28-,30+,31+/m1/s1. The molecule has 0 aromatic carbocycles. The van der Waals surface area contributed by atoms with E-state index in [1.54, 1.807) is 18.3 Å². The van der Waals surface area contributed by atoms with E-state index in [0.29, 0.717) is 38.4 Å². The van der Waals surface area contributed by atoms with E-state index >= 15 is 0 Å². The minimum atomic E-state index is -2.33. The largest absolute Gasteiger partial charge is 0.465 e. The van der Waals surface area contributed by atoms with E-state index in [0.717, 1.165) is 19.3 Å². The first-order valence-electron chi connectivity index (χ1n) is 15.4. The van der Waals surface area contributed by atoms with E-state index < -0.39 is 36.3 Å². The van der Waals surface area contributed by atoms with Crippen molar-refractivity contribution in [1.82, 2.24) is 19.4 Å². The van der Waals surface area contributed by atoms with Gasteiger partial charge in [0.15, 0.2) is 0 Å². The van der Waals surface area contributed by atoms with Gasteiger partial charge in [-0.15, -0.1) is 0 Å². The maximum Gasteiger partial charge on any atom is 0.408 e. The molecule has 8 atom stereocenters. The molecule has 0 radical (unpaired) electrons. The number of nitrogens with zero attached hydrogens (tertiary/aromatic N) is 4. The highest BCUT2D eigenvalue weighted by atomic mass is 19.3. The van der Waals surface area contributed by atoms with Crippen molar-refractivity contribution in [2.24, 2.45) is 17.8 Å². The summed E-state index contributed by atoms with van der Waals surface area (Å²) in [5.41, 5.74) is 1.13. The van der Waals surface area contributed by atoms with E-state index in [2.05, 4.69) is 26.8 Å². The normalized spacial score (nSPS) is 35.1. The van der Waals surface area contributed by atoms with Crippen LogP contribution in [0.4, 0.5) is 13.6 Å². The Kier molecular flexibility index (Phi) is 9.05. The molecule has 1 N–H and O–H groups in total. The number of amides is 1. The smallest absolute Gasteiger partial charge is 0.408 e. The molecule has 1 amide bonds. The number of hydrogen-bond donors (Lipinski definition) is 1. The Bertz CT molecular complexity index is 1140. The molecule has 9 nitrogen and oxygen atoms in total. The second-order valence-electron chi connectivity index (χ2n) is 13.6. The minimum absolute atomic E-state index is 0.0388. The van der Waals surface area contributed by atoms with Gasteiger partial charge in [-0.1, -0.05) is 25.5 Å². The highest BCUT2D eigenvalue weighted by molar-refractivity contribution is 5.66. The van der Waals surface area contributed by atoms with Crippen LogP contribution in [0.1, 0.15) is 72.0 Å². The van der Waals surface area contributed by atoms with Crippen molar-refractivity contribution in [3.8, 4) is 0 Å². The molecule has 4 fully saturated rings. The average molecular weight is 595 g/mol. The third-order valence-corrected chi connectivity index (χ3v) is 9.96. The van der Waals surface area contributed by atoms with E-state index in [4.69, 9.17) is 19.2 Å². The Hall–Kier alpha value is -2.08. The predicted octanol–water partition coefficient (Wildman–Crippen LogP) is 5.22. The van der Waals surface area contributed by atoms with Crippen LogP contribution in [0.25, 0.3) is 0 Å². The Morgan fingerprint density at radius 3 is 2.67 bits per heavy atom. The summed E-state index contributed by atoms with van der Waals surface area (Å²) in [5, 5.41) is 10.7. The lowest BCUT2D eigenvalue weighted by Crippen LogP contribution is -2.61. The molecule has 4 heterocycles. The number of likely N-dealkylation sites (tertiary alicyclic amines) is 1. The van der Waals surface area contributed by atoms with Gasteiger partial charge in [-0.3, -0.25) is 9.80 Å². The molecule has 0 bridgehead atoms. The van der Waals surface area contributed by atoms with Crippen molar-refractivity contribution in [3.63, 3.8) is 0 Å². The van der Waals surface area contributed by atoms with Crippen molar-refractivity contribution in [2.75, 3.05) is 33.4 Å². The Morgan fingerprint density at radius 2 is 2.07 bits per heavy atom. The van der Waals surface area contributed by atoms with Gasteiger partial charge < -0.3 is 23.9 Å². The summed E-state index contributed by atoms with van der Waals surface area (Å²) in [6.07, 6.45) is 5.22. The number of methoxy groups -OCH3 is 1. The lowest BCUT2D eigenvalue weighted by molar-refractivity contribution is -0.102. The summed E-state index contributed by atoms with van der Waals surface area (Å²) in [7, 11) is 1.67. The van der Waals surface area contributed by atoms with Crippen LogP contribution in [0.15, 0.2) is 24.2 Å². The van der Waals surface area contributed by atoms with Crippen molar-refractivity contribution in [3.05, 3.63) is 29.9 Å². The summed E-state index contributed by atoms with van der Waals surface area (Å²) >= 11 is 0. The molecular weight excluding hydrogens is 546 g/mol. The number of epoxide rings is 2. The molecule has 4 aliphatic rings. The van der Waals surface area contributed by atoms with Gasteiger partial charge in [-0.25, -0.2) is 18.6 Å². The van der Waals surface area contributed by atoms with Crippen LogP contribution in [0.2, 0.25) is 0 Å². The molecule has 3 saturated heterocycles.